The van der Waals surface area contributed by atoms with E-state index in [1.165, 1.54) is 0 Å². The van der Waals surface area contributed by atoms with Gasteiger partial charge in [-0.1, -0.05) is 66.7 Å². The average molecular weight is 294 g/mol. The molecule has 0 aliphatic rings. The fraction of sp³-hybridized carbons (Fsp3) is 0.588. The topological polar surface area (TPSA) is 75.3 Å². The lowest BCUT2D eigenvalue weighted by atomic mass is 9.80. The minimum Gasteiger partial charge on any atom is -0.507 e. The van der Waals surface area contributed by atoms with Crippen LogP contribution in [-0.2, 0) is 15.6 Å². The monoisotopic (exact) mass is 294 g/mol. The summed E-state index contributed by atoms with van der Waals surface area (Å²) < 4.78 is 0. The molecule has 0 spiro atoms. The maximum absolute atomic E-state index is 10.3. The number of rotatable bonds is 1. The summed E-state index contributed by atoms with van der Waals surface area (Å²) in [6, 6.07) is 6.04. The highest BCUT2D eigenvalue weighted by Crippen LogP contribution is 2.38. The third-order valence-corrected chi connectivity index (χ3v) is 3.13. The van der Waals surface area contributed by atoms with Gasteiger partial charge in [-0.3, -0.25) is 10.2 Å². The molecule has 0 aliphatic carbocycles. The molecule has 0 bridgehead atoms. The first-order valence-corrected chi connectivity index (χ1v) is 7.27. The molecular formula is C17H30N2O2. The van der Waals surface area contributed by atoms with Gasteiger partial charge in [-0.25, -0.2) is 5.84 Å². The van der Waals surface area contributed by atoms with Gasteiger partial charge in [0.1, 0.15) is 5.75 Å². The zero-order valence-electron chi connectivity index (χ0n) is 14.4. The van der Waals surface area contributed by atoms with Crippen LogP contribution in [0.1, 0.15) is 66.0 Å². The highest BCUT2D eigenvalue weighted by Gasteiger charge is 2.24. The van der Waals surface area contributed by atoms with Gasteiger partial charge in [0, 0.05) is 6.42 Å². The number of para-hydroxylation sites is 1. The van der Waals surface area contributed by atoms with Gasteiger partial charge in [-0.05, 0) is 22.0 Å². The summed E-state index contributed by atoms with van der Waals surface area (Å²) in [7, 11) is 0. The Bertz CT molecular complexity index is 430. The van der Waals surface area contributed by atoms with Crippen molar-refractivity contribution in [3.63, 3.8) is 0 Å². The first-order chi connectivity index (χ1) is 9.45. The molecule has 0 saturated carbocycles. The van der Waals surface area contributed by atoms with Crippen molar-refractivity contribution in [1.29, 1.82) is 0 Å². The number of benzene rings is 1. The fourth-order valence-electron chi connectivity index (χ4n) is 1.86. The quantitative estimate of drug-likeness (QED) is 0.422. The molecule has 4 N–H and O–H groups in total. The summed E-state index contributed by atoms with van der Waals surface area (Å²) in [6.07, 6.45) is 0.455. The van der Waals surface area contributed by atoms with E-state index >= 15 is 0 Å². The average Bonchev–Trinajstić information content (AvgIpc) is 2.36. The number of nitrogens with two attached hydrogens (primary N) is 1. The second-order valence-electron chi connectivity index (χ2n) is 7.12. The van der Waals surface area contributed by atoms with Gasteiger partial charge in [0.25, 0.3) is 0 Å². The lowest BCUT2D eigenvalue weighted by Gasteiger charge is -2.26. The molecule has 0 unspecified atom stereocenters. The number of hydrazine groups is 1. The second-order valence-corrected chi connectivity index (χ2v) is 7.12. The number of carbonyl (C=O) groups is 1. The predicted octanol–water partition coefficient (Wildman–Crippen LogP) is 3.37. The van der Waals surface area contributed by atoms with Crippen LogP contribution < -0.4 is 11.3 Å². The minimum absolute atomic E-state index is 0.00859. The first-order valence-electron chi connectivity index (χ1n) is 7.27. The van der Waals surface area contributed by atoms with Crippen LogP contribution in [0.2, 0.25) is 0 Å². The van der Waals surface area contributed by atoms with Crippen LogP contribution in [-0.4, -0.2) is 11.0 Å². The molecular weight excluding hydrogens is 264 g/mol. The van der Waals surface area contributed by atoms with Crippen LogP contribution in [0.25, 0.3) is 0 Å². The number of phenolic OH excluding ortho intramolecular Hbond substituents is 1. The summed E-state index contributed by atoms with van der Waals surface area (Å²) in [6.45, 7) is 14.5. The third kappa shape index (κ3) is 6.17. The molecule has 0 heterocycles. The number of nitrogens with one attached hydrogen (secondary N) is 1. The molecule has 0 aliphatic heterocycles. The van der Waals surface area contributed by atoms with E-state index in [1.807, 2.05) is 23.6 Å². The van der Waals surface area contributed by atoms with Crippen molar-refractivity contribution in [1.82, 2.24) is 5.43 Å². The normalized spacial score (nSPS) is 11.4. The van der Waals surface area contributed by atoms with E-state index in [4.69, 9.17) is 0 Å². The minimum atomic E-state index is -0.130. The van der Waals surface area contributed by atoms with E-state index in [9.17, 15) is 9.90 Å². The van der Waals surface area contributed by atoms with Crippen molar-refractivity contribution in [2.45, 2.75) is 65.7 Å². The van der Waals surface area contributed by atoms with Crippen LogP contribution in [0.4, 0.5) is 0 Å². The summed E-state index contributed by atoms with van der Waals surface area (Å²) in [5, 5.41) is 10.3. The van der Waals surface area contributed by atoms with Gasteiger partial charge in [-0.2, -0.15) is 0 Å². The number of amides is 1. The number of phenols is 1. The molecule has 1 aromatic rings. The molecule has 21 heavy (non-hydrogen) atoms. The molecule has 4 nitrogen and oxygen atoms in total. The number of hydrogen-bond donors (Lipinski definition) is 3. The molecule has 1 aromatic carbocycles. The van der Waals surface area contributed by atoms with Gasteiger partial charge in [0.15, 0.2) is 0 Å². The van der Waals surface area contributed by atoms with E-state index in [0.717, 1.165) is 11.1 Å². The Labute approximate surface area is 128 Å². The lowest BCUT2D eigenvalue weighted by Crippen LogP contribution is -2.28. The largest absolute Gasteiger partial charge is 0.507 e. The Kier molecular flexibility index (Phi) is 6.91. The number of aromatic hydroxyl groups is 1. The Hall–Kier alpha value is -1.55. The van der Waals surface area contributed by atoms with Gasteiger partial charge < -0.3 is 5.11 Å². The van der Waals surface area contributed by atoms with E-state index in [-0.39, 0.29) is 16.7 Å². The third-order valence-electron chi connectivity index (χ3n) is 3.13. The molecule has 0 aromatic heterocycles. The summed E-state index contributed by atoms with van der Waals surface area (Å²) in [5.41, 5.74) is 4.00. The molecule has 0 radical (unpaired) electrons. The van der Waals surface area contributed by atoms with Gasteiger partial charge in [0.05, 0.1) is 0 Å². The lowest BCUT2D eigenvalue weighted by molar-refractivity contribution is -0.120. The van der Waals surface area contributed by atoms with Gasteiger partial charge in [-0.15, -0.1) is 0 Å². The highest BCUT2D eigenvalue weighted by atomic mass is 16.3. The molecule has 0 fully saturated rings. The number of hydrogen-bond acceptors (Lipinski definition) is 3. The van der Waals surface area contributed by atoms with Crippen LogP contribution in [0, 0.1) is 0 Å². The van der Waals surface area contributed by atoms with Gasteiger partial charge in [0.2, 0.25) is 5.91 Å². The van der Waals surface area contributed by atoms with Crippen molar-refractivity contribution < 1.29 is 9.90 Å². The van der Waals surface area contributed by atoms with Crippen LogP contribution in [0.3, 0.4) is 0 Å². The Morgan fingerprint density at radius 2 is 1.48 bits per heavy atom. The number of carbonyl (C=O) groups excluding carboxylic acids is 1. The van der Waals surface area contributed by atoms with Crippen molar-refractivity contribution in [2.75, 3.05) is 0 Å². The summed E-state index contributed by atoms with van der Waals surface area (Å²) >= 11 is 0. The zero-order valence-corrected chi connectivity index (χ0v) is 14.4. The van der Waals surface area contributed by atoms with Crippen LogP contribution in [0.15, 0.2) is 18.2 Å². The van der Waals surface area contributed by atoms with Crippen LogP contribution >= 0.6 is 0 Å². The highest BCUT2D eigenvalue weighted by molar-refractivity contribution is 5.74. The van der Waals surface area contributed by atoms with E-state index in [2.05, 4.69) is 47.4 Å². The first kappa shape index (κ1) is 19.4. The summed E-state index contributed by atoms with van der Waals surface area (Å²) in [5.74, 6) is 5.01. The standard InChI is InChI=1S/C14H22O.C3H8N2O/c1-13(2,3)10-8-7-9-11(12(10)15)14(4,5)6;1-2-3(6)5-4/h7-9,15H,1-6H3;2,4H2,1H3,(H,5,6). The Morgan fingerprint density at radius 1 is 1.10 bits per heavy atom. The molecule has 0 saturated heterocycles. The van der Waals surface area contributed by atoms with E-state index in [1.54, 1.807) is 6.92 Å². The molecule has 0 atom stereocenters. The Morgan fingerprint density at radius 3 is 1.67 bits per heavy atom. The second kappa shape index (κ2) is 7.46. The zero-order chi connectivity index (χ0) is 16.8. The smallest absolute Gasteiger partial charge is 0.233 e. The maximum Gasteiger partial charge on any atom is 0.233 e. The molecule has 120 valence electrons. The molecule has 1 amide bonds. The van der Waals surface area contributed by atoms with Gasteiger partial charge >= 0.3 is 0 Å². The van der Waals surface area contributed by atoms with Crippen LogP contribution in [0.5, 0.6) is 5.75 Å². The molecule has 4 heteroatoms. The fourth-order valence-corrected chi connectivity index (χ4v) is 1.86. The van der Waals surface area contributed by atoms with E-state index in [0.29, 0.717) is 12.2 Å². The summed E-state index contributed by atoms with van der Waals surface area (Å²) in [4.78, 5) is 9.94. The SMILES string of the molecule is CC(C)(C)c1cccc(C(C)(C)C)c1O.CCC(=O)NN. The van der Waals surface area contributed by atoms with Crippen molar-refractivity contribution in [3.05, 3.63) is 29.3 Å². The Balaban J connectivity index is 0.000000567. The van der Waals surface area contributed by atoms with E-state index < -0.39 is 0 Å². The van der Waals surface area contributed by atoms with Crippen molar-refractivity contribution in [2.24, 2.45) is 5.84 Å². The maximum atomic E-state index is 10.3. The van der Waals surface area contributed by atoms with Crippen molar-refractivity contribution in [3.8, 4) is 5.75 Å². The molecule has 1 rings (SSSR count). The predicted molar refractivity (Wildman–Crippen MR) is 88.1 cm³/mol. The van der Waals surface area contributed by atoms with Crippen molar-refractivity contribution >= 4 is 5.91 Å².